The fourth-order valence-electron chi connectivity index (χ4n) is 4.79. The van der Waals surface area contributed by atoms with Crippen LogP contribution in [0.3, 0.4) is 0 Å². The monoisotopic (exact) mass is 526 g/mol. The van der Waals surface area contributed by atoms with Crippen molar-refractivity contribution in [3.63, 3.8) is 0 Å². The third-order valence-corrected chi connectivity index (χ3v) is 9.48. The molecule has 1 saturated heterocycles. The Morgan fingerprint density at radius 1 is 1.06 bits per heavy atom. The van der Waals surface area contributed by atoms with E-state index in [4.69, 9.17) is 21.6 Å². The van der Waals surface area contributed by atoms with Crippen molar-refractivity contribution in [2.24, 2.45) is 0 Å². The van der Waals surface area contributed by atoms with Crippen molar-refractivity contribution in [2.45, 2.75) is 56.7 Å². The lowest BCUT2D eigenvalue weighted by atomic mass is 9.95. The van der Waals surface area contributed by atoms with Crippen LogP contribution in [-0.2, 0) is 9.84 Å². The first kappa shape index (κ1) is 23.4. The summed E-state index contributed by atoms with van der Waals surface area (Å²) in [6.07, 6.45) is 6.35. The largest absolute Gasteiger partial charge is 0.269 e. The zero-order chi connectivity index (χ0) is 25.2. The van der Waals surface area contributed by atoms with Gasteiger partial charge in [0.15, 0.2) is 15.5 Å². The van der Waals surface area contributed by atoms with Gasteiger partial charge in [0.25, 0.3) is 0 Å². The Labute approximate surface area is 212 Å². The molecule has 0 bridgehead atoms. The molecule has 2 fully saturated rings. The maximum absolute atomic E-state index is 15.0. The molecular formula is C25H24ClFN6O2S. The molecule has 36 heavy (non-hydrogen) atoms. The topological polar surface area (TPSA) is 104 Å². The normalized spacial score (nSPS) is 21.7. The molecule has 8 nitrogen and oxygen atoms in total. The highest BCUT2D eigenvalue weighted by molar-refractivity contribution is 7.91. The number of hydrogen-bond acceptors (Lipinski definition) is 7. The minimum absolute atomic E-state index is 0.0155. The first-order valence-electron chi connectivity index (χ1n) is 11.9. The lowest BCUT2D eigenvalue weighted by Gasteiger charge is -2.28. The second-order valence-corrected chi connectivity index (χ2v) is 12.4. The van der Waals surface area contributed by atoms with Gasteiger partial charge in [-0.25, -0.2) is 32.7 Å². The van der Waals surface area contributed by atoms with Crippen LogP contribution < -0.4 is 0 Å². The van der Waals surface area contributed by atoms with Crippen molar-refractivity contribution >= 4 is 32.6 Å². The van der Waals surface area contributed by atoms with Crippen LogP contribution in [-0.4, -0.2) is 43.9 Å². The van der Waals surface area contributed by atoms with Gasteiger partial charge in [-0.15, -0.1) is 0 Å². The van der Waals surface area contributed by atoms with E-state index in [1.165, 1.54) is 6.07 Å². The number of aryl methyl sites for hydroxylation is 2. The molecule has 0 radical (unpaired) electrons. The Kier molecular flexibility index (Phi) is 5.56. The van der Waals surface area contributed by atoms with Crippen LogP contribution in [0.1, 0.15) is 65.7 Å². The Morgan fingerprint density at radius 2 is 1.83 bits per heavy atom. The number of benzene rings is 1. The fourth-order valence-corrected chi connectivity index (χ4v) is 6.91. The van der Waals surface area contributed by atoms with E-state index in [0.29, 0.717) is 58.5 Å². The van der Waals surface area contributed by atoms with Gasteiger partial charge in [0.1, 0.15) is 22.9 Å². The van der Waals surface area contributed by atoms with Crippen LogP contribution >= 0.6 is 11.6 Å². The number of halogens is 2. The second kappa shape index (κ2) is 8.55. The van der Waals surface area contributed by atoms with Crippen molar-refractivity contribution in [1.29, 1.82) is 0 Å². The Hall–Kier alpha value is -2.98. The van der Waals surface area contributed by atoms with E-state index in [-0.39, 0.29) is 22.3 Å². The van der Waals surface area contributed by atoms with Gasteiger partial charge in [-0.05, 0) is 57.7 Å². The van der Waals surface area contributed by atoms with Gasteiger partial charge in [0, 0.05) is 28.3 Å². The molecule has 0 N–H and O–H groups in total. The van der Waals surface area contributed by atoms with Crippen molar-refractivity contribution < 1.29 is 12.8 Å². The summed E-state index contributed by atoms with van der Waals surface area (Å²) in [7, 11) is -3.35. The lowest BCUT2D eigenvalue weighted by Crippen LogP contribution is -2.27. The van der Waals surface area contributed by atoms with E-state index >= 15 is 0 Å². The minimum atomic E-state index is -3.35. The second-order valence-electron chi connectivity index (χ2n) is 9.68. The molecule has 0 spiro atoms. The Balaban J connectivity index is 1.45. The number of rotatable bonds is 4. The smallest absolute Gasteiger partial charge is 0.182 e. The summed E-state index contributed by atoms with van der Waals surface area (Å²) in [5, 5.41) is 3.98. The summed E-state index contributed by atoms with van der Waals surface area (Å²) in [5.41, 5.74) is 3.44. The molecule has 0 unspecified atom stereocenters. The molecule has 1 aliphatic carbocycles. The van der Waals surface area contributed by atoms with E-state index < -0.39 is 20.9 Å². The van der Waals surface area contributed by atoms with E-state index in [1.807, 2.05) is 24.7 Å². The molecule has 1 aliphatic heterocycles. The third-order valence-electron chi connectivity index (χ3n) is 7.11. The number of aromatic nitrogens is 6. The molecule has 4 heterocycles. The number of hydrogen-bond donors (Lipinski definition) is 0. The highest BCUT2D eigenvalue weighted by Crippen LogP contribution is 2.42. The van der Waals surface area contributed by atoms with Crippen LogP contribution in [0.5, 0.6) is 0 Å². The number of nitrogens with zero attached hydrogens (tertiary/aromatic N) is 6. The van der Waals surface area contributed by atoms with Crippen LogP contribution in [0.15, 0.2) is 30.6 Å². The highest BCUT2D eigenvalue weighted by atomic mass is 35.5. The summed E-state index contributed by atoms with van der Waals surface area (Å²) in [4.78, 5) is 18.7. The molecule has 1 saturated carbocycles. The SMILES string of the molecule is Cc1nc2nc([C@H]3CCS(=O)(=O)[C@H](c4cnn(C5CC5)c4)C3)nc(-c3ccc(Cl)cc3F)c2nc1C. The third kappa shape index (κ3) is 4.16. The van der Waals surface area contributed by atoms with E-state index in [2.05, 4.69) is 15.1 Å². The number of sulfone groups is 1. The molecule has 6 rings (SSSR count). The highest BCUT2D eigenvalue weighted by Gasteiger charge is 2.39. The van der Waals surface area contributed by atoms with Crippen LogP contribution in [0, 0.1) is 19.7 Å². The van der Waals surface area contributed by atoms with Crippen molar-refractivity contribution in [2.75, 3.05) is 5.75 Å². The zero-order valence-electron chi connectivity index (χ0n) is 19.8. The van der Waals surface area contributed by atoms with Gasteiger partial charge in [-0.2, -0.15) is 5.10 Å². The average Bonchev–Trinajstić information content (AvgIpc) is 3.56. The van der Waals surface area contributed by atoms with Crippen LogP contribution in [0.4, 0.5) is 4.39 Å². The Morgan fingerprint density at radius 3 is 2.58 bits per heavy atom. The first-order valence-corrected chi connectivity index (χ1v) is 14.0. The maximum atomic E-state index is 15.0. The molecule has 0 amide bonds. The summed E-state index contributed by atoms with van der Waals surface area (Å²) in [6, 6.07) is 4.77. The molecular weight excluding hydrogens is 503 g/mol. The fraction of sp³-hybridized carbons (Fsp3) is 0.400. The van der Waals surface area contributed by atoms with Gasteiger partial charge >= 0.3 is 0 Å². The quantitative estimate of drug-likeness (QED) is 0.366. The van der Waals surface area contributed by atoms with Crippen molar-refractivity contribution in [3.8, 4) is 11.3 Å². The molecule has 2 aliphatic rings. The molecule has 3 aromatic heterocycles. The summed E-state index contributed by atoms with van der Waals surface area (Å²) in [5.74, 6) is -0.310. The van der Waals surface area contributed by atoms with Crippen LogP contribution in [0.2, 0.25) is 5.02 Å². The Bertz CT molecular complexity index is 1620. The molecule has 2 atom stereocenters. The van der Waals surface area contributed by atoms with Crippen molar-refractivity contribution in [3.05, 3.63) is 64.2 Å². The van der Waals surface area contributed by atoms with E-state index in [0.717, 1.165) is 12.8 Å². The molecule has 1 aromatic carbocycles. The molecule has 11 heteroatoms. The van der Waals surface area contributed by atoms with Gasteiger partial charge in [0.2, 0.25) is 0 Å². The maximum Gasteiger partial charge on any atom is 0.182 e. The zero-order valence-corrected chi connectivity index (χ0v) is 21.4. The van der Waals surface area contributed by atoms with Gasteiger partial charge in [0.05, 0.1) is 34.6 Å². The molecule has 186 valence electrons. The summed E-state index contributed by atoms with van der Waals surface area (Å²) in [6.45, 7) is 3.67. The van der Waals surface area contributed by atoms with E-state index in [9.17, 15) is 12.8 Å². The summed E-state index contributed by atoms with van der Waals surface area (Å²) < 4.78 is 43.0. The minimum Gasteiger partial charge on any atom is -0.269 e. The summed E-state index contributed by atoms with van der Waals surface area (Å²) >= 11 is 5.98. The predicted molar refractivity (Wildman–Crippen MR) is 134 cm³/mol. The van der Waals surface area contributed by atoms with Gasteiger partial charge in [-0.3, -0.25) is 4.68 Å². The standard InChI is InChI=1S/C25H24ClFN6O2S/c1-13-14(2)30-25-23(29-13)22(19-6-3-17(26)10-20(19)27)31-24(32-25)15-7-8-36(34,35)21(9-15)16-11-28-33(12-16)18-4-5-18/h3,6,10-12,15,18,21H,4-5,7-9H2,1-2H3/t15-,21-/m0/s1. The average molecular weight is 527 g/mol. The van der Waals surface area contributed by atoms with E-state index in [1.54, 1.807) is 18.3 Å². The van der Waals surface area contributed by atoms with Gasteiger partial charge < -0.3 is 0 Å². The van der Waals surface area contributed by atoms with Crippen LogP contribution in [0.25, 0.3) is 22.4 Å². The lowest BCUT2D eigenvalue weighted by molar-refractivity contribution is 0.498. The predicted octanol–water partition coefficient (Wildman–Crippen LogP) is 5.06. The first-order chi connectivity index (χ1) is 17.2. The van der Waals surface area contributed by atoms with Gasteiger partial charge in [-0.1, -0.05) is 11.6 Å². The van der Waals surface area contributed by atoms with Crippen molar-refractivity contribution in [1.82, 2.24) is 29.7 Å². The number of fused-ring (bicyclic) bond motifs is 1. The molecule has 4 aromatic rings.